The van der Waals surface area contributed by atoms with Crippen molar-refractivity contribution in [3.05, 3.63) is 95.8 Å². The maximum Gasteiger partial charge on any atom is 0.300 e. The number of aliphatic hydroxyl groups excluding tert-OH is 1. The minimum absolute atomic E-state index is 0.0372. The number of pyridine rings is 1. The molecule has 0 spiro atoms. The predicted molar refractivity (Wildman–Crippen MR) is 108 cm³/mol. The lowest BCUT2D eigenvalue weighted by Crippen LogP contribution is -2.29. The van der Waals surface area contributed by atoms with E-state index in [1.807, 2.05) is 6.07 Å². The molecule has 144 valence electrons. The molecule has 0 bridgehead atoms. The van der Waals surface area contributed by atoms with Crippen LogP contribution in [-0.2, 0) is 9.59 Å². The number of aliphatic hydroxyl groups is 1. The third kappa shape index (κ3) is 3.25. The number of aromatic nitrogens is 1. The third-order valence-electron chi connectivity index (χ3n) is 4.86. The topological polar surface area (TPSA) is 79.7 Å². The van der Waals surface area contributed by atoms with Crippen molar-refractivity contribution in [3.8, 4) is 5.75 Å². The average molecular weight is 386 g/mol. The molecule has 6 heteroatoms. The highest BCUT2D eigenvalue weighted by molar-refractivity contribution is 6.51. The van der Waals surface area contributed by atoms with Gasteiger partial charge in [0.2, 0.25) is 0 Å². The standard InChI is InChI=1S/C23H18N2O4/c1-29-18-9-7-16(8-10-18)21(26)19-20(15-11-13-24-14-12-15)25(23(28)22(19)27)17-5-3-2-4-6-17/h2-14,20,26H,1H3/b21-19-. The number of ether oxygens (including phenoxy) is 1. The Morgan fingerprint density at radius 2 is 1.62 bits per heavy atom. The van der Waals surface area contributed by atoms with Gasteiger partial charge >= 0.3 is 0 Å². The second kappa shape index (κ2) is 7.59. The molecule has 1 unspecified atom stereocenters. The van der Waals surface area contributed by atoms with Crippen LogP contribution in [0.2, 0.25) is 0 Å². The number of para-hydroxylation sites is 1. The first kappa shape index (κ1) is 18.4. The first-order valence-electron chi connectivity index (χ1n) is 9.02. The average Bonchev–Trinajstić information content (AvgIpc) is 3.05. The van der Waals surface area contributed by atoms with Crippen LogP contribution in [0.5, 0.6) is 5.75 Å². The summed E-state index contributed by atoms with van der Waals surface area (Å²) in [5.74, 6) is -1.03. The molecule has 0 radical (unpaired) electrons. The number of amides is 1. The predicted octanol–water partition coefficient (Wildman–Crippen LogP) is 3.72. The highest BCUT2D eigenvalue weighted by Gasteiger charge is 2.46. The Kier molecular flexibility index (Phi) is 4.83. The molecule has 1 aromatic heterocycles. The number of hydrogen-bond donors (Lipinski definition) is 1. The number of nitrogens with zero attached hydrogens (tertiary/aromatic N) is 2. The number of hydrogen-bond acceptors (Lipinski definition) is 5. The van der Waals surface area contributed by atoms with E-state index < -0.39 is 17.7 Å². The van der Waals surface area contributed by atoms with E-state index in [0.717, 1.165) is 0 Å². The number of carbonyl (C=O) groups excluding carboxylic acids is 2. The van der Waals surface area contributed by atoms with Crippen LogP contribution in [0.15, 0.2) is 84.7 Å². The van der Waals surface area contributed by atoms with Crippen molar-refractivity contribution in [2.45, 2.75) is 6.04 Å². The van der Waals surface area contributed by atoms with Crippen molar-refractivity contribution in [1.29, 1.82) is 0 Å². The van der Waals surface area contributed by atoms with Gasteiger partial charge in [0.05, 0.1) is 18.7 Å². The van der Waals surface area contributed by atoms with E-state index in [9.17, 15) is 14.7 Å². The van der Waals surface area contributed by atoms with E-state index in [0.29, 0.717) is 22.6 Å². The fourth-order valence-electron chi connectivity index (χ4n) is 3.45. The van der Waals surface area contributed by atoms with E-state index in [4.69, 9.17) is 4.74 Å². The smallest absolute Gasteiger partial charge is 0.300 e. The molecular weight excluding hydrogens is 368 g/mol. The number of carbonyl (C=O) groups is 2. The zero-order valence-corrected chi connectivity index (χ0v) is 15.6. The van der Waals surface area contributed by atoms with E-state index in [1.54, 1.807) is 80.2 Å². The van der Waals surface area contributed by atoms with Crippen molar-refractivity contribution in [1.82, 2.24) is 4.98 Å². The lowest BCUT2D eigenvalue weighted by molar-refractivity contribution is -0.132. The normalized spacial score (nSPS) is 18.1. The zero-order chi connectivity index (χ0) is 20.4. The van der Waals surface area contributed by atoms with Gasteiger partial charge in [0.25, 0.3) is 11.7 Å². The Labute approximate surface area is 167 Å². The summed E-state index contributed by atoms with van der Waals surface area (Å²) < 4.78 is 5.14. The van der Waals surface area contributed by atoms with Crippen LogP contribution < -0.4 is 9.64 Å². The molecule has 29 heavy (non-hydrogen) atoms. The summed E-state index contributed by atoms with van der Waals surface area (Å²) >= 11 is 0. The maximum atomic E-state index is 13.0. The van der Waals surface area contributed by atoms with Crippen LogP contribution in [0, 0.1) is 0 Å². The first-order chi connectivity index (χ1) is 14.1. The molecule has 1 aliphatic heterocycles. The van der Waals surface area contributed by atoms with Crippen molar-refractivity contribution >= 4 is 23.1 Å². The minimum atomic E-state index is -0.762. The second-order valence-electron chi connectivity index (χ2n) is 6.51. The molecule has 3 aromatic rings. The number of benzene rings is 2. The SMILES string of the molecule is COc1ccc(/C(O)=C2/C(=O)C(=O)N(c3ccccc3)C2c2ccncc2)cc1. The fraction of sp³-hybridized carbons (Fsp3) is 0.0870. The van der Waals surface area contributed by atoms with E-state index >= 15 is 0 Å². The van der Waals surface area contributed by atoms with Crippen LogP contribution in [0.4, 0.5) is 5.69 Å². The van der Waals surface area contributed by atoms with Crippen LogP contribution in [0.3, 0.4) is 0 Å². The third-order valence-corrected chi connectivity index (χ3v) is 4.86. The molecule has 2 heterocycles. The van der Waals surface area contributed by atoms with Crippen LogP contribution in [-0.4, -0.2) is 28.9 Å². The van der Waals surface area contributed by atoms with Gasteiger partial charge in [-0.2, -0.15) is 0 Å². The van der Waals surface area contributed by atoms with Gasteiger partial charge in [-0.25, -0.2) is 0 Å². The maximum absolute atomic E-state index is 13.0. The van der Waals surface area contributed by atoms with Gasteiger partial charge in [-0.05, 0) is 54.1 Å². The Morgan fingerprint density at radius 1 is 0.966 bits per heavy atom. The van der Waals surface area contributed by atoms with Crippen LogP contribution in [0.1, 0.15) is 17.2 Å². The molecule has 0 aliphatic carbocycles. The van der Waals surface area contributed by atoms with E-state index in [1.165, 1.54) is 4.90 Å². The Morgan fingerprint density at radius 3 is 2.24 bits per heavy atom. The van der Waals surface area contributed by atoms with Crippen molar-refractivity contribution in [2.75, 3.05) is 12.0 Å². The van der Waals surface area contributed by atoms with Gasteiger partial charge in [-0.15, -0.1) is 0 Å². The molecular formula is C23H18N2O4. The molecule has 1 N–H and O–H groups in total. The molecule has 1 atom stereocenters. The van der Waals surface area contributed by atoms with Gasteiger partial charge in [-0.1, -0.05) is 18.2 Å². The monoisotopic (exact) mass is 386 g/mol. The second-order valence-corrected chi connectivity index (χ2v) is 6.51. The zero-order valence-electron chi connectivity index (χ0n) is 15.6. The molecule has 1 aliphatic rings. The number of methoxy groups -OCH3 is 1. The Balaban J connectivity index is 1.91. The number of ketones is 1. The number of Topliss-reactive ketones (excluding diaryl/α,β-unsaturated/α-hetero) is 1. The summed E-state index contributed by atoms with van der Waals surface area (Å²) in [5.41, 5.74) is 1.72. The van der Waals surface area contributed by atoms with Gasteiger partial charge in [0.15, 0.2) is 0 Å². The van der Waals surface area contributed by atoms with Crippen molar-refractivity contribution in [2.24, 2.45) is 0 Å². The van der Waals surface area contributed by atoms with Gasteiger partial charge < -0.3 is 9.84 Å². The van der Waals surface area contributed by atoms with Crippen LogP contribution in [0.25, 0.3) is 5.76 Å². The summed E-state index contributed by atoms with van der Waals surface area (Å²) in [6.07, 6.45) is 3.18. The molecule has 1 saturated heterocycles. The largest absolute Gasteiger partial charge is 0.507 e. The lowest BCUT2D eigenvalue weighted by atomic mass is 9.96. The Hall–Kier alpha value is -3.93. The molecule has 6 nitrogen and oxygen atoms in total. The highest BCUT2D eigenvalue weighted by atomic mass is 16.5. The Bertz CT molecular complexity index is 1080. The van der Waals surface area contributed by atoms with Gasteiger partial charge in [0, 0.05) is 23.6 Å². The fourth-order valence-corrected chi connectivity index (χ4v) is 3.45. The highest BCUT2D eigenvalue weighted by Crippen LogP contribution is 2.41. The summed E-state index contributed by atoms with van der Waals surface area (Å²) in [5, 5.41) is 11.0. The summed E-state index contributed by atoms with van der Waals surface area (Å²) in [6.45, 7) is 0. The summed E-state index contributed by atoms with van der Waals surface area (Å²) in [6, 6.07) is 18.3. The quantitative estimate of drug-likeness (QED) is 0.420. The van der Waals surface area contributed by atoms with E-state index in [2.05, 4.69) is 4.98 Å². The first-order valence-corrected chi connectivity index (χ1v) is 9.02. The van der Waals surface area contributed by atoms with Crippen molar-refractivity contribution in [3.63, 3.8) is 0 Å². The summed E-state index contributed by atoms with van der Waals surface area (Å²) in [4.78, 5) is 31.3. The number of anilines is 1. The molecule has 1 fully saturated rings. The van der Waals surface area contributed by atoms with Gasteiger partial charge in [-0.3, -0.25) is 19.5 Å². The molecule has 0 saturated carbocycles. The lowest BCUT2D eigenvalue weighted by Gasteiger charge is -2.25. The van der Waals surface area contributed by atoms with Crippen molar-refractivity contribution < 1.29 is 19.4 Å². The van der Waals surface area contributed by atoms with Crippen LogP contribution >= 0.6 is 0 Å². The van der Waals surface area contributed by atoms with E-state index in [-0.39, 0.29) is 11.3 Å². The minimum Gasteiger partial charge on any atom is -0.507 e. The molecule has 2 aromatic carbocycles. The number of rotatable bonds is 4. The summed E-state index contributed by atoms with van der Waals surface area (Å²) in [7, 11) is 1.55. The van der Waals surface area contributed by atoms with Gasteiger partial charge in [0.1, 0.15) is 11.5 Å². The molecule has 1 amide bonds. The molecule has 4 rings (SSSR count).